The number of carbonyl (C=O) groups is 2. The number of aliphatic carboxylic acids is 1. The van der Waals surface area contributed by atoms with Gasteiger partial charge in [0.15, 0.2) is 0 Å². The molecule has 1 amide bonds. The summed E-state index contributed by atoms with van der Waals surface area (Å²) in [6.45, 7) is -0.0146. The predicted octanol–water partition coefficient (Wildman–Crippen LogP) is 1.54. The molecule has 2 atom stereocenters. The largest absolute Gasteiger partial charge is 0.480 e. The first-order chi connectivity index (χ1) is 11.4. The highest BCUT2D eigenvalue weighted by atomic mass is 35.5. The first-order valence-corrected chi connectivity index (χ1v) is 7.59. The lowest BCUT2D eigenvalue weighted by molar-refractivity contribution is -0.148. The van der Waals surface area contributed by atoms with Crippen LogP contribution in [0.1, 0.15) is 12.0 Å². The van der Waals surface area contributed by atoms with E-state index in [0.717, 1.165) is 12.1 Å². The summed E-state index contributed by atoms with van der Waals surface area (Å²) in [6, 6.07) is 1.45. The minimum absolute atomic E-state index is 0.122. The smallest absolute Gasteiger partial charge is 0.329 e. The normalized spacial score (nSPS) is 20.6. The van der Waals surface area contributed by atoms with Crippen molar-refractivity contribution >= 4 is 23.5 Å². The molecule has 24 heavy (non-hydrogen) atoms. The van der Waals surface area contributed by atoms with Crippen molar-refractivity contribution in [1.29, 1.82) is 0 Å². The number of benzene rings is 1. The van der Waals surface area contributed by atoms with E-state index in [1.54, 1.807) is 0 Å². The van der Waals surface area contributed by atoms with E-state index in [2.05, 4.69) is 5.32 Å². The van der Waals surface area contributed by atoms with E-state index in [-0.39, 0.29) is 11.6 Å². The van der Waals surface area contributed by atoms with Crippen LogP contribution in [0.2, 0.25) is 5.02 Å². The van der Waals surface area contributed by atoms with Crippen molar-refractivity contribution in [2.24, 2.45) is 0 Å². The van der Waals surface area contributed by atoms with Crippen molar-refractivity contribution < 1.29 is 33.0 Å². The van der Waals surface area contributed by atoms with Crippen LogP contribution < -0.4 is 5.32 Å². The summed E-state index contributed by atoms with van der Waals surface area (Å²) < 4.78 is 37.9. The van der Waals surface area contributed by atoms with E-state index in [4.69, 9.17) is 26.2 Å². The molecule has 2 rings (SSSR count). The number of rotatable bonds is 6. The summed E-state index contributed by atoms with van der Waals surface area (Å²) in [5.74, 6) is -3.62. The highest BCUT2D eigenvalue weighted by Gasteiger charge is 2.29. The standard InChI is InChI=1S/C15H16ClF2NO5/c16-9-1-2-10(17)8(15(9)18)5-13(20)19-11-6-23-4-3-12(11)24-7-14(21)22/h1-2,11-12H,3-7H2,(H,19,20)(H,21,22)/t11-,12+/m1/s1. The number of carbonyl (C=O) groups excluding carboxylic acids is 1. The van der Waals surface area contributed by atoms with Crippen LogP contribution in [0.3, 0.4) is 0 Å². The second-order valence-electron chi connectivity index (χ2n) is 5.28. The lowest BCUT2D eigenvalue weighted by atomic mass is 10.1. The topological polar surface area (TPSA) is 84.9 Å². The molecule has 1 heterocycles. The van der Waals surface area contributed by atoms with Gasteiger partial charge >= 0.3 is 5.97 Å². The fourth-order valence-electron chi connectivity index (χ4n) is 2.38. The van der Waals surface area contributed by atoms with Gasteiger partial charge in [-0.15, -0.1) is 0 Å². The average molecular weight is 364 g/mol. The number of ether oxygens (including phenoxy) is 2. The molecule has 1 aromatic carbocycles. The summed E-state index contributed by atoms with van der Waals surface area (Å²) in [6.07, 6.45) is -0.689. The van der Waals surface area contributed by atoms with Crippen molar-refractivity contribution in [1.82, 2.24) is 5.32 Å². The van der Waals surface area contributed by atoms with E-state index < -0.39 is 54.2 Å². The molecule has 1 saturated heterocycles. The summed E-state index contributed by atoms with van der Waals surface area (Å²) in [7, 11) is 0. The summed E-state index contributed by atoms with van der Waals surface area (Å²) in [5, 5.41) is 10.9. The molecule has 132 valence electrons. The molecule has 0 bridgehead atoms. The highest BCUT2D eigenvalue weighted by Crippen LogP contribution is 2.21. The molecule has 1 fully saturated rings. The second-order valence-corrected chi connectivity index (χ2v) is 5.69. The summed E-state index contributed by atoms with van der Waals surface area (Å²) in [4.78, 5) is 22.6. The molecule has 6 nitrogen and oxygen atoms in total. The van der Waals surface area contributed by atoms with Crippen LogP contribution in [0.25, 0.3) is 0 Å². The van der Waals surface area contributed by atoms with Gasteiger partial charge in [-0.2, -0.15) is 0 Å². The Hall–Kier alpha value is -1.77. The van der Waals surface area contributed by atoms with Crippen LogP contribution >= 0.6 is 11.6 Å². The Morgan fingerprint density at radius 1 is 1.42 bits per heavy atom. The van der Waals surface area contributed by atoms with Crippen molar-refractivity contribution in [2.45, 2.75) is 25.0 Å². The van der Waals surface area contributed by atoms with E-state index in [9.17, 15) is 18.4 Å². The number of nitrogens with one attached hydrogen (secondary N) is 1. The van der Waals surface area contributed by atoms with Crippen molar-refractivity contribution in [3.8, 4) is 0 Å². The maximum absolute atomic E-state index is 13.8. The molecule has 9 heteroatoms. The zero-order valence-corrected chi connectivity index (χ0v) is 13.3. The van der Waals surface area contributed by atoms with Gasteiger partial charge in [-0.1, -0.05) is 11.6 Å². The van der Waals surface area contributed by atoms with Crippen molar-refractivity contribution in [2.75, 3.05) is 19.8 Å². The molecule has 0 aliphatic carbocycles. The molecular formula is C15H16ClF2NO5. The summed E-state index contributed by atoms with van der Waals surface area (Å²) in [5.41, 5.74) is -0.431. The maximum Gasteiger partial charge on any atom is 0.329 e. The zero-order chi connectivity index (χ0) is 17.7. The lowest BCUT2D eigenvalue weighted by Gasteiger charge is -2.31. The quantitative estimate of drug-likeness (QED) is 0.749. The maximum atomic E-state index is 13.8. The molecule has 2 N–H and O–H groups in total. The Bertz CT molecular complexity index is 628. The molecule has 0 aromatic heterocycles. The third-order valence-electron chi connectivity index (χ3n) is 3.54. The molecule has 1 aromatic rings. The Kier molecular flexibility index (Phi) is 6.47. The molecule has 0 unspecified atom stereocenters. The van der Waals surface area contributed by atoms with Gasteiger partial charge in [0.25, 0.3) is 0 Å². The SMILES string of the molecule is O=C(O)CO[C@H]1CCOC[C@H]1NC(=O)Cc1c(F)ccc(Cl)c1F. The average Bonchev–Trinajstić information content (AvgIpc) is 2.54. The van der Waals surface area contributed by atoms with E-state index in [0.29, 0.717) is 13.0 Å². The number of hydrogen-bond donors (Lipinski definition) is 2. The Morgan fingerprint density at radius 3 is 2.88 bits per heavy atom. The third-order valence-corrected chi connectivity index (χ3v) is 3.83. The number of amides is 1. The van der Waals surface area contributed by atoms with Gasteiger partial charge in [0, 0.05) is 12.2 Å². The molecular weight excluding hydrogens is 348 g/mol. The minimum Gasteiger partial charge on any atom is -0.480 e. The van der Waals surface area contributed by atoms with Gasteiger partial charge in [0.2, 0.25) is 5.91 Å². The van der Waals surface area contributed by atoms with Gasteiger partial charge < -0.3 is 19.9 Å². The number of carboxylic acid groups (broad SMARTS) is 1. The number of halogens is 3. The Labute approximate surface area is 141 Å². The van der Waals surface area contributed by atoms with Gasteiger partial charge in [0.05, 0.1) is 30.2 Å². The number of hydrogen-bond acceptors (Lipinski definition) is 4. The molecule has 0 radical (unpaired) electrons. The summed E-state index contributed by atoms with van der Waals surface area (Å²) >= 11 is 5.59. The van der Waals surface area contributed by atoms with Gasteiger partial charge in [0.1, 0.15) is 18.2 Å². The Balaban J connectivity index is 2.00. The minimum atomic E-state index is -1.13. The molecule has 1 aliphatic heterocycles. The van der Waals surface area contributed by atoms with E-state index in [1.807, 2.05) is 0 Å². The van der Waals surface area contributed by atoms with Crippen LogP contribution in [0.15, 0.2) is 12.1 Å². The first kappa shape index (κ1) is 18.6. The van der Waals surface area contributed by atoms with Crippen LogP contribution in [0.5, 0.6) is 0 Å². The predicted molar refractivity (Wildman–Crippen MR) is 79.8 cm³/mol. The van der Waals surface area contributed by atoms with Gasteiger partial charge in [-0.05, 0) is 18.6 Å². The van der Waals surface area contributed by atoms with Crippen molar-refractivity contribution in [3.63, 3.8) is 0 Å². The lowest BCUT2D eigenvalue weighted by Crippen LogP contribution is -2.51. The van der Waals surface area contributed by atoms with Crippen molar-refractivity contribution in [3.05, 3.63) is 34.4 Å². The van der Waals surface area contributed by atoms with E-state index in [1.165, 1.54) is 0 Å². The first-order valence-electron chi connectivity index (χ1n) is 7.21. The zero-order valence-electron chi connectivity index (χ0n) is 12.6. The molecule has 0 spiro atoms. The fraction of sp³-hybridized carbons (Fsp3) is 0.467. The molecule has 0 saturated carbocycles. The van der Waals surface area contributed by atoms with Gasteiger partial charge in [-0.3, -0.25) is 4.79 Å². The van der Waals surface area contributed by atoms with Crippen LogP contribution in [-0.4, -0.2) is 48.9 Å². The highest BCUT2D eigenvalue weighted by molar-refractivity contribution is 6.30. The number of carboxylic acids is 1. The van der Waals surface area contributed by atoms with Crippen LogP contribution in [0.4, 0.5) is 8.78 Å². The fourth-order valence-corrected chi connectivity index (χ4v) is 2.56. The molecule has 1 aliphatic rings. The van der Waals surface area contributed by atoms with E-state index >= 15 is 0 Å². The monoisotopic (exact) mass is 363 g/mol. The van der Waals surface area contributed by atoms with Gasteiger partial charge in [-0.25, -0.2) is 13.6 Å². The second kappa shape index (κ2) is 8.36. The third kappa shape index (κ3) is 4.86. The van der Waals surface area contributed by atoms with Crippen LogP contribution in [0, 0.1) is 11.6 Å². The Morgan fingerprint density at radius 2 is 2.17 bits per heavy atom. The van der Waals surface area contributed by atoms with Crippen LogP contribution in [-0.2, 0) is 25.5 Å².